The lowest BCUT2D eigenvalue weighted by Crippen LogP contribution is -2.41. The number of aliphatic imine (C=N–C) groups is 2. The van der Waals surface area contributed by atoms with E-state index in [1.54, 1.807) is 12.4 Å². The van der Waals surface area contributed by atoms with E-state index in [2.05, 4.69) is 50.3 Å². The predicted molar refractivity (Wildman–Crippen MR) is 162 cm³/mol. The summed E-state index contributed by atoms with van der Waals surface area (Å²) in [6, 6.07) is 12.6. The maximum Gasteiger partial charge on any atom is 0.224 e. The molecule has 4 rings (SSSR count). The minimum absolute atomic E-state index is 0.0442. The van der Waals surface area contributed by atoms with Crippen molar-refractivity contribution in [2.45, 2.75) is 38.5 Å². The van der Waals surface area contributed by atoms with E-state index >= 15 is 0 Å². The van der Waals surface area contributed by atoms with Gasteiger partial charge in [0.2, 0.25) is 5.91 Å². The highest BCUT2D eigenvalue weighted by Crippen LogP contribution is 2.29. The molecule has 214 valence electrons. The fourth-order valence-corrected chi connectivity index (χ4v) is 5.13. The summed E-state index contributed by atoms with van der Waals surface area (Å²) in [7, 11) is 4.54. The first-order valence-electron chi connectivity index (χ1n) is 14.6. The molecule has 0 aliphatic carbocycles. The average molecular weight is 547 g/mol. The molecule has 0 radical (unpaired) electrons. The Balaban J connectivity index is 1.09. The number of carbonyl (C=O) groups is 1. The molecular weight excluding hydrogens is 502 g/mol. The van der Waals surface area contributed by atoms with Crippen LogP contribution in [-0.4, -0.2) is 104 Å². The molecule has 1 amide bonds. The molecule has 0 spiro atoms. The lowest BCUT2D eigenvalue weighted by molar-refractivity contribution is -0.890. The largest absolute Gasteiger partial charge is 0.379 e. The van der Waals surface area contributed by atoms with E-state index in [4.69, 9.17) is 4.74 Å². The van der Waals surface area contributed by atoms with Crippen molar-refractivity contribution in [3.63, 3.8) is 0 Å². The number of hydrogen-bond donors (Lipinski definition) is 1. The van der Waals surface area contributed by atoms with Crippen molar-refractivity contribution in [2.75, 3.05) is 78.4 Å². The number of rotatable bonds is 15. The number of nitrogens with zero attached hydrogens (tertiary/aromatic N) is 6. The summed E-state index contributed by atoms with van der Waals surface area (Å²) in [5.41, 5.74) is 2.47. The van der Waals surface area contributed by atoms with Gasteiger partial charge in [0.05, 0.1) is 76.2 Å². The number of carbonyl (C=O) groups excluding carboxylic acids is 1. The summed E-state index contributed by atoms with van der Waals surface area (Å²) >= 11 is 0. The molecule has 2 aromatic heterocycles. The molecular formula is C31H44N7O2+. The Hall–Kier alpha value is -3.23. The third kappa shape index (κ3) is 9.45. The molecule has 0 unspecified atom stereocenters. The minimum Gasteiger partial charge on any atom is -0.379 e. The van der Waals surface area contributed by atoms with Crippen molar-refractivity contribution < 1.29 is 14.0 Å². The zero-order valence-corrected chi connectivity index (χ0v) is 24.1. The van der Waals surface area contributed by atoms with Crippen molar-refractivity contribution in [3.05, 3.63) is 42.7 Å². The van der Waals surface area contributed by atoms with Gasteiger partial charge in [-0.05, 0) is 49.9 Å². The summed E-state index contributed by atoms with van der Waals surface area (Å²) in [5, 5.41) is 5.00. The number of hydrogen-bond acceptors (Lipinski definition) is 7. The van der Waals surface area contributed by atoms with E-state index < -0.39 is 0 Å². The van der Waals surface area contributed by atoms with Gasteiger partial charge in [0.1, 0.15) is 0 Å². The number of ether oxygens (including phenoxy) is 1. The highest BCUT2D eigenvalue weighted by molar-refractivity contribution is 6.11. The number of nitrogens with one attached hydrogen (secondary N) is 1. The van der Waals surface area contributed by atoms with Gasteiger partial charge in [0.25, 0.3) is 0 Å². The molecule has 1 aliphatic rings. The molecule has 1 saturated heterocycles. The van der Waals surface area contributed by atoms with Crippen LogP contribution in [0.2, 0.25) is 0 Å². The number of pyridine rings is 2. The fraction of sp³-hybridized carbons (Fsp3) is 0.548. The van der Waals surface area contributed by atoms with Gasteiger partial charge in [-0.3, -0.25) is 19.7 Å². The van der Waals surface area contributed by atoms with E-state index in [-0.39, 0.29) is 5.91 Å². The number of aromatic nitrogens is 2. The summed E-state index contributed by atoms with van der Waals surface area (Å²) in [6.07, 6.45) is 9.13. The smallest absolute Gasteiger partial charge is 0.224 e. The molecule has 40 heavy (non-hydrogen) atoms. The van der Waals surface area contributed by atoms with Crippen LogP contribution in [0.1, 0.15) is 38.5 Å². The number of anilines is 1. The molecule has 9 heteroatoms. The van der Waals surface area contributed by atoms with Gasteiger partial charge in [0, 0.05) is 55.6 Å². The number of quaternary nitrogens is 1. The van der Waals surface area contributed by atoms with Crippen LogP contribution in [-0.2, 0) is 9.53 Å². The normalized spacial score (nSPS) is 14.2. The molecule has 1 aliphatic heterocycles. The van der Waals surface area contributed by atoms with Crippen LogP contribution in [0.4, 0.5) is 5.69 Å². The van der Waals surface area contributed by atoms with Crippen LogP contribution in [0, 0.1) is 0 Å². The minimum atomic E-state index is 0.0442. The van der Waals surface area contributed by atoms with Crippen LogP contribution >= 0.6 is 0 Å². The summed E-state index contributed by atoms with van der Waals surface area (Å²) < 4.78 is 6.34. The Bertz CT molecular complexity index is 1300. The molecule has 3 aromatic rings. The van der Waals surface area contributed by atoms with Crippen molar-refractivity contribution in [1.82, 2.24) is 14.9 Å². The van der Waals surface area contributed by atoms with Gasteiger partial charge < -0.3 is 14.5 Å². The average Bonchev–Trinajstić information content (AvgIpc) is 2.96. The van der Waals surface area contributed by atoms with Crippen LogP contribution in [0.3, 0.4) is 0 Å². The van der Waals surface area contributed by atoms with Gasteiger partial charge in [-0.25, -0.2) is 9.98 Å². The van der Waals surface area contributed by atoms with Gasteiger partial charge >= 0.3 is 0 Å². The Labute approximate surface area is 238 Å². The first-order valence-corrected chi connectivity index (χ1v) is 14.6. The second-order valence-electron chi connectivity index (χ2n) is 11.2. The van der Waals surface area contributed by atoms with E-state index in [9.17, 15) is 4.79 Å². The summed E-state index contributed by atoms with van der Waals surface area (Å²) in [6.45, 7) is 8.54. The van der Waals surface area contributed by atoms with Crippen LogP contribution in [0.25, 0.3) is 21.8 Å². The number of benzene rings is 1. The Morgan fingerprint density at radius 1 is 0.975 bits per heavy atom. The lowest BCUT2D eigenvalue weighted by atomic mass is 10.1. The van der Waals surface area contributed by atoms with Gasteiger partial charge in [-0.2, -0.15) is 0 Å². The Kier molecular flexibility index (Phi) is 11.5. The van der Waals surface area contributed by atoms with Crippen molar-refractivity contribution in [3.8, 4) is 0 Å². The summed E-state index contributed by atoms with van der Waals surface area (Å²) in [4.78, 5) is 32.8. The zero-order chi connectivity index (χ0) is 28.0. The highest BCUT2D eigenvalue weighted by Gasteiger charge is 2.15. The first kappa shape index (κ1) is 29.7. The quantitative estimate of drug-likeness (QED) is 0.130. The molecule has 1 N–H and O–H groups in total. The second-order valence-corrected chi connectivity index (χ2v) is 11.2. The van der Waals surface area contributed by atoms with Crippen LogP contribution < -0.4 is 5.32 Å². The Morgan fingerprint density at radius 3 is 2.52 bits per heavy atom. The number of morpholine rings is 1. The lowest BCUT2D eigenvalue weighted by Gasteiger charge is -2.29. The van der Waals surface area contributed by atoms with Gasteiger partial charge in [-0.15, -0.1) is 0 Å². The highest BCUT2D eigenvalue weighted by atomic mass is 16.5. The van der Waals surface area contributed by atoms with Crippen LogP contribution in [0.15, 0.2) is 52.7 Å². The number of unbranched alkanes of at least 4 members (excludes halogenated alkanes) is 2. The van der Waals surface area contributed by atoms with E-state index in [1.807, 2.05) is 30.3 Å². The molecule has 3 heterocycles. The molecule has 1 aromatic carbocycles. The molecule has 0 atom stereocenters. The van der Waals surface area contributed by atoms with E-state index in [1.165, 1.54) is 0 Å². The zero-order valence-electron chi connectivity index (χ0n) is 24.1. The third-order valence-electron chi connectivity index (χ3n) is 7.43. The topological polar surface area (TPSA) is 92.1 Å². The van der Waals surface area contributed by atoms with E-state index in [0.29, 0.717) is 6.42 Å². The van der Waals surface area contributed by atoms with E-state index in [0.717, 1.165) is 123 Å². The monoisotopic (exact) mass is 546 g/mol. The number of fused-ring (bicyclic) bond motifs is 3. The maximum atomic E-state index is 12.7. The summed E-state index contributed by atoms with van der Waals surface area (Å²) in [5.74, 6) is 0.0442. The SMILES string of the molecule is C[N+](C)(CCCCCC(=O)Nc1cc2cccnc2c2ncccc12)CCCN=C=NCCCN1CCOCC1. The second kappa shape index (κ2) is 15.5. The van der Waals surface area contributed by atoms with Crippen molar-refractivity contribution >= 4 is 39.4 Å². The molecule has 0 saturated carbocycles. The van der Waals surface area contributed by atoms with Gasteiger partial charge in [0.15, 0.2) is 0 Å². The maximum absolute atomic E-state index is 12.7. The fourth-order valence-electron chi connectivity index (χ4n) is 5.13. The third-order valence-corrected chi connectivity index (χ3v) is 7.43. The first-order chi connectivity index (χ1) is 19.5. The Morgan fingerprint density at radius 2 is 1.70 bits per heavy atom. The molecule has 0 bridgehead atoms. The molecule has 9 nitrogen and oxygen atoms in total. The standard InChI is InChI=1S/C31H43N7O2/c1-38(2,21-9-14-33-25-32-13-8-17-37-18-22-40-23-19-37)20-5-3-4-12-29(39)36-28-24-26-10-6-15-34-30(26)31-27(28)11-7-16-35-31/h6-7,10-11,15-16,24H,3-5,8-9,12-14,17-23H2,1-2H3/p+1. The van der Waals surface area contributed by atoms with Crippen molar-refractivity contribution in [1.29, 1.82) is 0 Å². The van der Waals surface area contributed by atoms with Crippen LogP contribution in [0.5, 0.6) is 0 Å². The number of amides is 1. The van der Waals surface area contributed by atoms with Crippen molar-refractivity contribution in [2.24, 2.45) is 9.98 Å². The predicted octanol–water partition coefficient (Wildman–Crippen LogP) is 4.64. The van der Waals surface area contributed by atoms with Gasteiger partial charge in [-0.1, -0.05) is 6.07 Å². The molecule has 1 fully saturated rings.